The monoisotopic (exact) mass is 307 g/mol. The van der Waals surface area contributed by atoms with Crippen molar-refractivity contribution in [2.75, 3.05) is 13.1 Å². The summed E-state index contributed by atoms with van der Waals surface area (Å²) in [5.41, 5.74) is -0.861. The van der Waals surface area contributed by atoms with Gasteiger partial charge in [-0.2, -0.15) is 0 Å². The smallest absolute Gasteiger partial charge is 0.266 e. The zero-order chi connectivity index (χ0) is 17.2. The number of rotatable bonds is 6. The minimum atomic E-state index is -0.861. The van der Waals surface area contributed by atoms with E-state index in [2.05, 4.69) is 13.2 Å². The zero-order valence-electron chi connectivity index (χ0n) is 15.0. The molecule has 3 nitrogen and oxygen atoms in total. The Morgan fingerprint density at radius 3 is 2.14 bits per heavy atom. The van der Waals surface area contributed by atoms with E-state index in [0.717, 1.165) is 25.9 Å². The summed E-state index contributed by atoms with van der Waals surface area (Å²) in [5, 5.41) is 0. The van der Waals surface area contributed by atoms with Gasteiger partial charge >= 0.3 is 0 Å². The molecule has 1 aliphatic rings. The van der Waals surface area contributed by atoms with Crippen LogP contribution in [0.2, 0.25) is 0 Å². The first-order valence-electron chi connectivity index (χ1n) is 8.39. The summed E-state index contributed by atoms with van der Waals surface area (Å²) < 4.78 is 5.98. The fourth-order valence-electron chi connectivity index (χ4n) is 2.32. The van der Waals surface area contributed by atoms with Crippen LogP contribution in [0, 0.1) is 5.92 Å². The highest BCUT2D eigenvalue weighted by atomic mass is 16.5. The molecule has 1 aliphatic heterocycles. The van der Waals surface area contributed by atoms with Gasteiger partial charge < -0.3 is 9.64 Å². The highest BCUT2D eigenvalue weighted by molar-refractivity contribution is 5.85. The summed E-state index contributed by atoms with van der Waals surface area (Å²) in [4.78, 5) is 14.8. The van der Waals surface area contributed by atoms with Crippen molar-refractivity contribution in [1.82, 2.24) is 4.90 Å². The SMILES string of the molecule is C=C/C=C(\C=C)OC(C)(C(=O)N1CCCCC1)C(C)C.CC. The summed E-state index contributed by atoms with van der Waals surface area (Å²) >= 11 is 0. The van der Waals surface area contributed by atoms with Gasteiger partial charge in [0.1, 0.15) is 5.76 Å². The maximum Gasteiger partial charge on any atom is 0.266 e. The number of hydrogen-bond donors (Lipinski definition) is 0. The Kier molecular flexibility index (Phi) is 9.55. The Morgan fingerprint density at radius 1 is 1.18 bits per heavy atom. The van der Waals surface area contributed by atoms with Crippen LogP contribution in [0.4, 0.5) is 0 Å². The van der Waals surface area contributed by atoms with Gasteiger partial charge in [-0.05, 0) is 38.3 Å². The van der Waals surface area contributed by atoms with E-state index in [-0.39, 0.29) is 11.8 Å². The summed E-state index contributed by atoms with van der Waals surface area (Å²) in [5.74, 6) is 0.732. The molecule has 1 fully saturated rings. The molecule has 126 valence electrons. The van der Waals surface area contributed by atoms with Crippen LogP contribution in [0.15, 0.2) is 37.1 Å². The predicted molar refractivity (Wildman–Crippen MR) is 94.6 cm³/mol. The molecule has 22 heavy (non-hydrogen) atoms. The highest BCUT2D eigenvalue weighted by Gasteiger charge is 2.42. The third-order valence-corrected chi connectivity index (χ3v) is 3.98. The minimum Gasteiger partial charge on any atom is -0.477 e. The summed E-state index contributed by atoms with van der Waals surface area (Å²) in [6.45, 7) is 18.9. The van der Waals surface area contributed by atoms with Crippen molar-refractivity contribution in [3.8, 4) is 0 Å². The van der Waals surface area contributed by atoms with Crippen molar-refractivity contribution in [2.45, 2.75) is 59.5 Å². The largest absolute Gasteiger partial charge is 0.477 e. The van der Waals surface area contributed by atoms with Gasteiger partial charge in [-0.1, -0.05) is 46.9 Å². The van der Waals surface area contributed by atoms with Crippen molar-refractivity contribution in [2.24, 2.45) is 5.92 Å². The Bertz CT molecular complexity index is 392. The number of amides is 1. The maximum absolute atomic E-state index is 12.8. The van der Waals surface area contributed by atoms with Crippen LogP contribution in [0.1, 0.15) is 53.9 Å². The average molecular weight is 307 g/mol. The quantitative estimate of drug-likeness (QED) is 0.525. The lowest BCUT2D eigenvalue weighted by molar-refractivity contribution is -0.157. The van der Waals surface area contributed by atoms with Gasteiger partial charge in [-0.25, -0.2) is 0 Å². The third kappa shape index (κ3) is 5.36. The molecule has 1 atom stereocenters. The third-order valence-electron chi connectivity index (χ3n) is 3.98. The van der Waals surface area contributed by atoms with Crippen LogP contribution in [0.5, 0.6) is 0 Å². The summed E-state index contributed by atoms with van der Waals surface area (Å²) in [6.07, 6.45) is 8.36. The van der Waals surface area contributed by atoms with Crippen molar-refractivity contribution < 1.29 is 9.53 Å². The molecule has 0 aliphatic carbocycles. The van der Waals surface area contributed by atoms with Gasteiger partial charge in [0.05, 0.1) is 0 Å². The number of allylic oxidation sites excluding steroid dienone is 3. The van der Waals surface area contributed by atoms with E-state index in [9.17, 15) is 4.79 Å². The maximum atomic E-state index is 12.8. The van der Waals surface area contributed by atoms with Crippen LogP contribution in [0.25, 0.3) is 0 Å². The van der Waals surface area contributed by atoms with Crippen molar-refractivity contribution in [3.63, 3.8) is 0 Å². The van der Waals surface area contributed by atoms with E-state index in [1.165, 1.54) is 6.42 Å². The van der Waals surface area contributed by atoms with E-state index in [1.807, 2.05) is 39.5 Å². The second kappa shape index (κ2) is 10.3. The highest BCUT2D eigenvalue weighted by Crippen LogP contribution is 2.28. The second-order valence-electron chi connectivity index (χ2n) is 5.73. The van der Waals surface area contributed by atoms with E-state index >= 15 is 0 Å². The Hall–Kier alpha value is -1.51. The van der Waals surface area contributed by atoms with Gasteiger partial charge in [0, 0.05) is 19.0 Å². The normalized spacial score (nSPS) is 17.9. The average Bonchev–Trinajstić information content (AvgIpc) is 2.56. The summed E-state index contributed by atoms with van der Waals surface area (Å²) in [7, 11) is 0. The second-order valence-corrected chi connectivity index (χ2v) is 5.73. The number of carbonyl (C=O) groups is 1. The fourth-order valence-corrected chi connectivity index (χ4v) is 2.32. The summed E-state index contributed by atoms with van der Waals surface area (Å²) in [6, 6.07) is 0. The minimum absolute atomic E-state index is 0.0732. The van der Waals surface area contributed by atoms with Gasteiger partial charge in [-0.3, -0.25) is 4.79 Å². The molecule has 0 radical (unpaired) electrons. The number of nitrogens with zero attached hydrogens (tertiary/aromatic N) is 1. The molecule has 3 heteroatoms. The Balaban J connectivity index is 0.00000211. The van der Waals surface area contributed by atoms with Crippen LogP contribution in [-0.4, -0.2) is 29.5 Å². The van der Waals surface area contributed by atoms with Gasteiger partial charge in [0.25, 0.3) is 5.91 Å². The molecule has 1 amide bonds. The van der Waals surface area contributed by atoms with E-state index < -0.39 is 5.60 Å². The Morgan fingerprint density at radius 2 is 1.73 bits per heavy atom. The lowest BCUT2D eigenvalue weighted by Gasteiger charge is -2.39. The van der Waals surface area contributed by atoms with E-state index in [1.54, 1.807) is 18.2 Å². The molecule has 0 spiro atoms. The first-order valence-corrected chi connectivity index (χ1v) is 8.39. The number of ether oxygens (including phenoxy) is 1. The van der Waals surface area contributed by atoms with E-state index in [0.29, 0.717) is 5.76 Å². The van der Waals surface area contributed by atoms with Gasteiger partial charge in [-0.15, -0.1) is 0 Å². The number of hydrogen-bond acceptors (Lipinski definition) is 2. The van der Waals surface area contributed by atoms with Crippen molar-refractivity contribution >= 4 is 5.91 Å². The molecule has 0 aromatic rings. The molecule has 0 saturated carbocycles. The number of piperidine rings is 1. The molecule has 1 saturated heterocycles. The molecular formula is C19H33NO2. The standard InChI is InChI=1S/C17H27NO2.C2H6/c1-6-11-15(7-2)20-17(5,14(3)4)16(19)18-12-9-8-10-13-18;1-2/h6-7,11,14H,1-2,8-10,12-13H2,3-5H3;1-2H3/b15-11+;. The first kappa shape index (κ1) is 20.5. The van der Waals surface area contributed by atoms with E-state index in [4.69, 9.17) is 4.74 Å². The molecule has 1 heterocycles. The van der Waals surface area contributed by atoms with Gasteiger partial charge in [0.15, 0.2) is 5.60 Å². The van der Waals surface area contributed by atoms with Crippen LogP contribution < -0.4 is 0 Å². The van der Waals surface area contributed by atoms with Crippen LogP contribution >= 0.6 is 0 Å². The number of carbonyl (C=O) groups excluding carboxylic acids is 1. The van der Waals surface area contributed by atoms with Crippen LogP contribution in [-0.2, 0) is 9.53 Å². The van der Waals surface area contributed by atoms with Crippen molar-refractivity contribution in [3.05, 3.63) is 37.1 Å². The molecular weight excluding hydrogens is 274 g/mol. The van der Waals surface area contributed by atoms with Crippen LogP contribution in [0.3, 0.4) is 0 Å². The zero-order valence-corrected chi connectivity index (χ0v) is 15.0. The topological polar surface area (TPSA) is 29.5 Å². The Labute approximate surface area is 136 Å². The molecule has 0 aromatic heterocycles. The molecule has 0 bridgehead atoms. The molecule has 1 unspecified atom stereocenters. The predicted octanol–water partition coefficient (Wildman–Crippen LogP) is 4.71. The molecule has 0 N–H and O–H groups in total. The van der Waals surface area contributed by atoms with Crippen molar-refractivity contribution in [1.29, 1.82) is 0 Å². The van der Waals surface area contributed by atoms with Gasteiger partial charge in [0.2, 0.25) is 0 Å². The number of likely N-dealkylation sites (tertiary alicyclic amines) is 1. The molecule has 1 rings (SSSR count). The fraction of sp³-hybridized carbons (Fsp3) is 0.632. The first-order chi connectivity index (χ1) is 10.5. The molecule has 0 aromatic carbocycles. The lowest BCUT2D eigenvalue weighted by atomic mass is 9.89. The lowest BCUT2D eigenvalue weighted by Crippen LogP contribution is -2.53.